The third-order valence-corrected chi connectivity index (χ3v) is 4.34. The molecule has 0 aromatic carbocycles. The van der Waals surface area contributed by atoms with Crippen LogP contribution in [-0.4, -0.2) is 19.9 Å². The Kier molecular flexibility index (Phi) is 4.01. The number of amides is 1. The standard InChI is InChI=1S/C20H17N5O2/c1-13-5-8-25-12-15(23-17(25)9-13)11-22-19(26)18-14(2)27-20(16(18)10-21)24-6-3-4-7-24/h3-9,12H,11H2,1-2H3,(H,22,26). The lowest BCUT2D eigenvalue weighted by atomic mass is 10.1. The molecular weight excluding hydrogens is 342 g/mol. The topological polar surface area (TPSA) is 88.3 Å². The molecule has 134 valence electrons. The molecule has 4 aromatic rings. The highest BCUT2D eigenvalue weighted by atomic mass is 16.4. The first-order chi connectivity index (χ1) is 13.1. The predicted octanol–water partition coefficient (Wildman–Crippen LogP) is 3.14. The molecule has 1 N–H and O–H groups in total. The molecule has 0 fully saturated rings. The minimum atomic E-state index is -0.362. The van der Waals surface area contributed by atoms with Crippen LogP contribution in [0.1, 0.15) is 32.9 Å². The van der Waals surface area contributed by atoms with Gasteiger partial charge in [-0.3, -0.25) is 9.36 Å². The maximum absolute atomic E-state index is 12.7. The van der Waals surface area contributed by atoms with Gasteiger partial charge in [0.1, 0.15) is 28.6 Å². The number of nitrogens with one attached hydrogen (secondary N) is 1. The van der Waals surface area contributed by atoms with Gasteiger partial charge in [-0.15, -0.1) is 0 Å². The van der Waals surface area contributed by atoms with Crippen molar-refractivity contribution in [2.45, 2.75) is 20.4 Å². The Hall–Kier alpha value is -3.79. The molecule has 0 saturated heterocycles. The van der Waals surface area contributed by atoms with E-state index in [0.29, 0.717) is 11.6 Å². The summed E-state index contributed by atoms with van der Waals surface area (Å²) in [7, 11) is 0. The molecule has 4 heterocycles. The number of hydrogen-bond acceptors (Lipinski definition) is 4. The number of rotatable bonds is 4. The number of pyridine rings is 1. The van der Waals surface area contributed by atoms with Gasteiger partial charge in [0.05, 0.1) is 12.2 Å². The predicted molar refractivity (Wildman–Crippen MR) is 98.6 cm³/mol. The zero-order chi connectivity index (χ0) is 19.0. The Labute approximate surface area is 155 Å². The average molecular weight is 359 g/mol. The fraction of sp³-hybridized carbons (Fsp3) is 0.150. The largest absolute Gasteiger partial charge is 0.443 e. The first-order valence-electron chi connectivity index (χ1n) is 8.46. The second-order valence-corrected chi connectivity index (χ2v) is 6.30. The molecule has 4 rings (SSSR count). The van der Waals surface area contributed by atoms with Gasteiger partial charge in [-0.25, -0.2) is 4.98 Å². The first-order valence-corrected chi connectivity index (χ1v) is 8.46. The Bertz CT molecular complexity index is 1180. The van der Waals surface area contributed by atoms with Gasteiger partial charge in [0.2, 0.25) is 5.88 Å². The number of fused-ring (bicyclic) bond motifs is 1. The summed E-state index contributed by atoms with van der Waals surface area (Å²) >= 11 is 0. The maximum Gasteiger partial charge on any atom is 0.256 e. The Morgan fingerprint density at radius 2 is 2.07 bits per heavy atom. The monoisotopic (exact) mass is 359 g/mol. The number of nitriles is 1. The number of carbonyl (C=O) groups is 1. The number of aromatic nitrogens is 3. The van der Waals surface area contributed by atoms with Crippen LogP contribution in [0.3, 0.4) is 0 Å². The molecule has 4 aromatic heterocycles. The molecule has 0 saturated carbocycles. The molecule has 0 aliphatic carbocycles. The highest BCUT2D eigenvalue weighted by molar-refractivity contribution is 5.98. The smallest absolute Gasteiger partial charge is 0.256 e. The van der Waals surface area contributed by atoms with Crippen molar-refractivity contribution in [3.8, 4) is 12.0 Å². The number of nitrogens with zero attached hydrogens (tertiary/aromatic N) is 4. The molecule has 0 bridgehead atoms. The van der Waals surface area contributed by atoms with Crippen molar-refractivity contribution < 1.29 is 9.21 Å². The molecule has 0 radical (unpaired) electrons. The van der Waals surface area contributed by atoms with Crippen molar-refractivity contribution in [3.05, 3.63) is 77.2 Å². The van der Waals surface area contributed by atoms with E-state index >= 15 is 0 Å². The van der Waals surface area contributed by atoms with E-state index in [2.05, 4.69) is 16.4 Å². The number of imidazole rings is 1. The summed E-state index contributed by atoms with van der Waals surface area (Å²) in [5.41, 5.74) is 3.15. The van der Waals surface area contributed by atoms with Crippen LogP contribution >= 0.6 is 0 Å². The van der Waals surface area contributed by atoms with E-state index in [4.69, 9.17) is 4.42 Å². The SMILES string of the molecule is Cc1ccn2cc(CNC(=O)c3c(C)oc(-n4cccc4)c3C#N)nc2c1. The minimum absolute atomic E-state index is 0.215. The van der Waals surface area contributed by atoms with Gasteiger partial charge in [0.15, 0.2) is 0 Å². The summed E-state index contributed by atoms with van der Waals surface area (Å²) in [5, 5.41) is 12.4. The van der Waals surface area contributed by atoms with Gasteiger partial charge < -0.3 is 14.1 Å². The number of hydrogen-bond donors (Lipinski definition) is 1. The third-order valence-electron chi connectivity index (χ3n) is 4.34. The fourth-order valence-corrected chi connectivity index (χ4v) is 3.04. The fourth-order valence-electron chi connectivity index (χ4n) is 3.04. The van der Waals surface area contributed by atoms with Gasteiger partial charge in [-0.1, -0.05) is 0 Å². The highest BCUT2D eigenvalue weighted by Crippen LogP contribution is 2.25. The van der Waals surface area contributed by atoms with Crippen LogP contribution in [0.2, 0.25) is 0 Å². The number of furan rings is 1. The Morgan fingerprint density at radius 1 is 1.30 bits per heavy atom. The van der Waals surface area contributed by atoms with Crippen molar-refractivity contribution in [3.63, 3.8) is 0 Å². The lowest BCUT2D eigenvalue weighted by molar-refractivity contribution is 0.0948. The zero-order valence-electron chi connectivity index (χ0n) is 14.9. The second-order valence-electron chi connectivity index (χ2n) is 6.30. The minimum Gasteiger partial charge on any atom is -0.443 e. The van der Waals surface area contributed by atoms with E-state index in [-0.39, 0.29) is 23.6 Å². The van der Waals surface area contributed by atoms with E-state index in [1.165, 1.54) is 0 Å². The van der Waals surface area contributed by atoms with Gasteiger partial charge in [0, 0.05) is 24.8 Å². The van der Waals surface area contributed by atoms with Crippen LogP contribution in [-0.2, 0) is 6.54 Å². The summed E-state index contributed by atoms with van der Waals surface area (Å²) in [4.78, 5) is 17.2. The molecule has 0 spiro atoms. The van der Waals surface area contributed by atoms with Crippen LogP contribution in [0.5, 0.6) is 0 Å². The highest BCUT2D eigenvalue weighted by Gasteiger charge is 2.24. The normalized spacial score (nSPS) is 10.9. The summed E-state index contributed by atoms with van der Waals surface area (Å²) in [6.45, 7) is 3.94. The Morgan fingerprint density at radius 3 is 2.81 bits per heavy atom. The molecular formula is C20H17N5O2. The van der Waals surface area contributed by atoms with Gasteiger partial charge in [-0.05, 0) is 43.7 Å². The van der Waals surface area contributed by atoms with Crippen molar-refractivity contribution >= 4 is 11.6 Å². The van der Waals surface area contributed by atoms with Crippen LogP contribution in [0.15, 0.2) is 53.5 Å². The maximum atomic E-state index is 12.7. The van der Waals surface area contributed by atoms with Gasteiger partial charge in [0.25, 0.3) is 5.91 Å². The lowest BCUT2D eigenvalue weighted by Crippen LogP contribution is -2.24. The van der Waals surface area contributed by atoms with Crippen molar-refractivity contribution in [1.29, 1.82) is 5.26 Å². The molecule has 1 amide bonds. The number of carbonyl (C=O) groups excluding carboxylic acids is 1. The summed E-state index contributed by atoms with van der Waals surface area (Å²) in [6.07, 6.45) is 7.33. The lowest BCUT2D eigenvalue weighted by Gasteiger charge is -2.02. The first kappa shape index (κ1) is 16.7. The molecule has 0 aliphatic rings. The Balaban J connectivity index is 1.58. The molecule has 0 atom stereocenters. The summed E-state index contributed by atoms with van der Waals surface area (Å²) < 4.78 is 9.25. The van der Waals surface area contributed by atoms with Gasteiger partial charge in [-0.2, -0.15) is 5.26 Å². The number of aryl methyl sites for hydroxylation is 2. The van der Waals surface area contributed by atoms with E-state index in [9.17, 15) is 10.1 Å². The van der Waals surface area contributed by atoms with E-state index in [1.54, 1.807) is 23.9 Å². The van der Waals surface area contributed by atoms with E-state index < -0.39 is 0 Å². The molecule has 27 heavy (non-hydrogen) atoms. The third kappa shape index (κ3) is 2.98. The zero-order valence-corrected chi connectivity index (χ0v) is 14.9. The quantitative estimate of drug-likeness (QED) is 0.606. The molecule has 0 unspecified atom stereocenters. The van der Waals surface area contributed by atoms with Crippen LogP contribution in [0.4, 0.5) is 0 Å². The van der Waals surface area contributed by atoms with Gasteiger partial charge >= 0.3 is 0 Å². The van der Waals surface area contributed by atoms with Crippen LogP contribution in [0.25, 0.3) is 11.5 Å². The summed E-state index contributed by atoms with van der Waals surface area (Å²) in [5.74, 6) is 0.381. The van der Waals surface area contributed by atoms with E-state index in [1.807, 2.05) is 48.0 Å². The van der Waals surface area contributed by atoms with Crippen molar-refractivity contribution in [2.24, 2.45) is 0 Å². The molecule has 7 heteroatoms. The summed E-state index contributed by atoms with van der Waals surface area (Å²) in [6, 6.07) is 9.70. The van der Waals surface area contributed by atoms with Crippen molar-refractivity contribution in [1.82, 2.24) is 19.3 Å². The van der Waals surface area contributed by atoms with Crippen LogP contribution in [0, 0.1) is 25.2 Å². The van der Waals surface area contributed by atoms with E-state index in [0.717, 1.165) is 16.9 Å². The molecule has 7 nitrogen and oxygen atoms in total. The second kappa shape index (κ2) is 6.50. The molecule has 0 aliphatic heterocycles. The van der Waals surface area contributed by atoms with Crippen LogP contribution < -0.4 is 5.32 Å². The van der Waals surface area contributed by atoms with Crippen molar-refractivity contribution in [2.75, 3.05) is 0 Å². The average Bonchev–Trinajstić information content (AvgIpc) is 3.36.